The van der Waals surface area contributed by atoms with Crippen molar-refractivity contribution in [1.29, 1.82) is 0 Å². The third kappa shape index (κ3) is 3.49. The zero-order chi connectivity index (χ0) is 15.5. The summed E-state index contributed by atoms with van der Waals surface area (Å²) in [4.78, 5) is 2.66. The third-order valence-electron chi connectivity index (χ3n) is 5.42. The number of nitrogens with zero attached hydrogens (tertiary/aromatic N) is 1. The fourth-order valence-electron chi connectivity index (χ4n) is 4.16. The Hall–Kier alpha value is -1.64. The number of rotatable bonds is 5. The largest absolute Gasteiger partial charge is 0.312 e. The zero-order valence-electron chi connectivity index (χ0n) is 13.7. The van der Waals surface area contributed by atoms with Gasteiger partial charge >= 0.3 is 0 Å². The standard InChI is InChI=1S/C21H26N2/c1-2-7-17(8-3-1)16-23-12-6-11-21(23)15-22-20-13-18-9-4-5-10-19(18)14-20/h1-5,7-10,20-22H,6,11-16H2. The van der Waals surface area contributed by atoms with E-state index in [0.717, 1.165) is 13.1 Å². The molecule has 2 nitrogen and oxygen atoms in total. The summed E-state index contributed by atoms with van der Waals surface area (Å²) in [6.45, 7) is 3.47. The van der Waals surface area contributed by atoms with Crippen LogP contribution in [0.1, 0.15) is 29.5 Å². The van der Waals surface area contributed by atoms with Crippen LogP contribution in [-0.2, 0) is 19.4 Å². The molecule has 0 amide bonds. The highest BCUT2D eigenvalue weighted by Crippen LogP contribution is 2.23. The summed E-state index contributed by atoms with van der Waals surface area (Å²) in [7, 11) is 0. The SMILES string of the molecule is c1ccc(CN2CCCC2CNC2Cc3ccccc3C2)cc1. The molecular weight excluding hydrogens is 280 g/mol. The van der Waals surface area contributed by atoms with Gasteiger partial charge in [-0.1, -0.05) is 54.6 Å². The first-order valence-electron chi connectivity index (χ1n) is 8.96. The molecule has 1 N–H and O–H groups in total. The number of benzene rings is 2. The molecule has 2 aliphatic rings. The van der Waals surface area contributed by atoms with Crippen LogP contribution >= 0.6 is 0 Å². The van der Waals surface area contributed by atoms with Gasteiger partial charge in [-0.3, -0.25) is 4.90 Å². The van der Waals surface area contributed by atoms with Crippen LogP contribution in [0.4, 0.5) is 0 Å². The maximum Gasteiger partial charge on any atom is 0.0237 e. The lowest BCUT2D eigenvalue weighted by Gasteiger charge is -2.26. The topological polar surface area (TPSA) is 15.3 Å². The summed E-state index contributed by atoms with van der Waals surface area (Å²) in [5, 5.41) is 3.84. The molecule has 2 aromatic rings. The maximum absolute atomic E-state index is 3.84. The highest BCUT2D eigenvalue weighted by atomic mass is 15.2. The van der Waals surface area contributed by atoms with Crippen LogP contribution in [0.5, 0.6) is 0 Å². The highest BCUT2D eigenvalue weighted by Gasteiger charge is 2.26. The molecule has 1 saturated heterocycles. The van der Waals surface area contributed by atoms with Crippen LogP contribution in [0, 0.1) is 0 Å². The van der Waals surface area contributed by atoms with E-state index in [4.69, 9.17) is 0 Å². The van der Waals surface area contributed by atoms with Crippen molar-refractivity contribution in [3.05, 3.63) is 71.3 Å². The molecule has 0 saturated carbocycles. The lowest BCUT2D eigenvalue weighted by molar-refractivity contribution is 0.234. The predicted molar refractivity (Wildman–Crippen MR) is 95.5 cm³/mol. The molecule has 1 atom stereocenters. The molecule has 1 fully saturated rings. The van der Waals surface area contributed by atoms with E-state index in [-0.39, 0.29) is 0 Å². The van der Waals surface area contributed by atoms with Gasteiger partial charge in [-0.15, -0.1) is 0 Å². The summed E-state index contributed by atoms with van der Waals surface area (Å²) < 4.78 is 0. The fraction of sp³-hybridized carbons (Fsp3) is 0.429. The van der Waals surface area contributed by atoms with Crippen molar-refractivity contribution in [1.82, 2.24) is 10.2 Å². The van der Waals surface area contributed by atoms with Gasteiger partial charge in [0, 0.05) is 25.2 Å². The van der Waals surface area contributed by atoms with Gasteiger partial charge in [-0.25, -0.2) is 0 Å². The molecule has 2 aromatic carbocycles. The quantitative estimate of drug-likeness (QED) is 0.911. The summed E-state index contributed by atoms with van der Waals surface area (Å²) >= 11 is 0. The number of nitrogens with one attached hydrogen (secondary N) is 1. The second kappa shape index (κ2) is 6.86. The fourth-order valence-corrected chi connectivity index (χ4v) is 4.16. The number of fused-ring (bicyclic) bond motifs is 1. The molecule has 1 heterocycles. The summed E-state index contributed by atoms with van der Waals surface area (Å²) in [5.41, 5.74) is 4.52. The number of hydrogen-bond acceptors (Lipinski definition) is 2. The van der Waals surface area contributed by atoms with E-state index < -0.39 is 0 Å². The first-order valence-corrected chi connectivity index (χ1v) is 8.96. The molecule has 23 heavy (non-hydrogen) atoms. The van der Waals surface area contributed by atoms with Crippen molar-refractivity contribution >= 4 is 0 Å². The number of likely N-dealkylation sites (tertiary alicyclic amines) is 1. The van der Waals surface area contributed by atoms with Crippen molar-refractivity contribution in [2.75, 3.05) is 13.1 Å². The monoisotopic (exact) mass is 306 g/mol. The Labute approximate surface area is 139 Å². The van der Waals surface area contributed by atoms with Gasteiger partial charge in [0.15, 0.2) is 0 Å². The van der Waals surface area contributed by atoms with Crippen molar-refractivity contribution in [3.63, 3.8) is 0 Å². The minimum absolute atomic E-state index is 0.631. The Morgan fingerprint density at radius 3 is 2.35 bits per heavy atom. The van der Waals surface area contributed by atoms with E-state index in [1.165, 1.54) is 48.9 Å². The molecule has 120 valence electrons. The van der Waals surface area contributed by atoms with E-state index >= 15 is 0 Å². The van der Waals surface area contributed by atoms with Gasteiger partial charge in [0.05, 0.1) is 0 Å². The van der Waals surface area contributed by atoms with E-state index in [0.29, 0.717) is 12.1 Å². The lowest BCUT2D eigenvalue weighted by atomic mass is 10.1. The zero-order valence-corrected chi connectivity index (χ0v) is 13.7. The molecule has 1 unspecified atom stereocenters. The van der Waals surface area contributed by atoms with Crippen molar-refractivity contribution < 1.29 is 0 Å². The summed E-state index contributed by atoms with van der Waals surface area (Å²) in [6.07, 6.45) is 5.06. The van der Waals surface area contributed by atoms with Gasteiger partial charge < -0.3 is 5.32 Å². The Morgan fingerprint density at radius 1 is 0.913 bits per heavy atom. The smallest absolute Gasteiger partial charge is 0.0237 e. The maximum atomic E-state index is 3.84. The molecular formula is C21H26N2. The van der Waals surface area contributed by atoms with Crippen LogP contribution in [-0.4, -0.2) is 30.1 Å². The summed E-state index contributed by atoms with van der Waals surface area (Å²) in [6, 6.07) is 21.1. The van der Waals surface area contributed by atoms with Crippen LogP contribution in [0.15, 0.2) is 54.6 Å². The molecule has 4 rings (SSSR count). The van der Waals surface area contributed by atoms with E-state index in [9.17, 15) is 0 Å². The minimum atomic E-state index is 0.631. The molecule has 2 heteroatoms. The van der Waals surface area contributed by atoms with Gasteiger partial charge in [0.25, 0.3) is 0 Å². The first kappa shape index (κ1) is 14.9. The molecule has 1 aliphatic carbocycles. The number of hydrogen-bond donors (Lipinski definition) is 1. The Balaban J connectivity index is 1.31. The Kier molecular flexibility index (Phi) is 4.45. The van der Waals surface area contributed by atoms with E-state index in [2.05, 4.69) is 64.8 Å². The molecule has 0 radical (unpaired) electrons. The summed E-state index contributed by atoms with van der Waals surface area (Å²) in [5.74, 6) is 0. The normalized spacial score (nSPS) is 21.7. The van der Waals surface area contributed by atoms with Gasteiger partial charge in [0.1, 0.15) is 0 Å². The second-order valence-electron chi connectivity index (χ2n) is 7.03. The Bertz CT molecular complexity index is 612. The van der Waals surface area contributed by atoms with Gasteiger partial charge in [-0.2, -0.15) is 0 Å². The van der Waals surface area contributed by atoms with Crippen LogP contribution in [0.2, 0.25) is 0 Å². The van der Waals surface area contributed by atoms with Crippen molar-refractivity contribution in [3.8, 4) is 0 Å². The van der Waals surface area contributed by atoms with Crippen molar-refractivity contribution in [2.45, 2.75) is 44.3 Å². The molecule has 0 spiro atoms. The second-order valence-corrected chi connectivity index (χ2v) is 7.03. The van der Waals surface area contributed by atoms with Crippen LogP contribution in [0.3, 0.4) is 0 Å². The lowest BCUT2D eigenvalue weighted by Crippen LogP contribution is -2.41. The Morgan fingerprint density at radius 2 is 1.61 bits per heavy atom. The van der Waals surface area contributed by atoms with Crippen LogP contribution in [0.25, 0.3) is 0 Å². The van der Waals surface area contributed by atoms with E-state index in [1.54, 1.807) is 0 Å². The average Bonchev–Trinajstić information content (AvgIpc) is 3.20. The van der Waals surface area contributed by atoms with Gasteiger partial charge in [0.2, 0.25) is 0 Å². The van der Waals surface area contributed by atoms with Crippen LogP contribution < -0.4 is 5.32 Å². The third-order valence-corrected chi connectivity index (χ3v) is 5.42. The molecule has 1 aliphatic heterocycles. The van der Waals surface area contributed by atoms with Gasteiger partial charge in [-0.05, 0) is 48.9 Å². The molecule has 0 bridgehead atoms. The highest BCUT2D eigenvalue weighted by molar-refractivity contribution is 5.33. The predicted octanol–water partition coefficient (Wildman–Crippen LogP) is 3.41. The molecule has 0 aromatic heterocycles. The van der Waals surface area contributed by atoms with E-state index in [1.807, 2.05) is 0 Å². The average molecular weight is 306 g/mol. The first-order chi connectivity index (χ1) is 11.4. The minimum Gasteiger partial charge on any atom is -0.312 e. The van der Waals surface area contributed by atoms with Crippen molar-refractivity contribution in [2.24, 2.45) is 0 Å².